The second-order valence-electron chi connectivity index (χ2n) is 5.66. The zero-order valence-electron chi connectivity index (χ0n) is 13.3. The molecule has 0 spiro atoms. The summed E-state index contributed by atoms with van der Waals surface area (Å²) in [6.07, 6.45) is -0.535. The maximum absolute atomic E-state index is 11.8. The molecule has 2 aromatic carbocycles. The fourth-order valence-corrected chi connectivity index (χ4v) is 2.56. The summed E-state index contributed by atoms with van der Waals surface area (Å²) < 4.78 is 16.4. The maximum atomic E-state index is 11.8. The van der Waals surface area contributed by atoms with Gasteiger partial charge < -0.3 is 14.2 Å². The molecule has 0 bridgehead atoms. The number of carbonyl (C=O) groups is 1. The highest BCUT2D eigenvalue weighted by atomic mass is 16.7. The third-order valence-electron chi connectivity index (χ3n) is 3.96. The Morgan fingerprint density at radius 1 is 1.17 bits per heavy atom. The van der Waals surface area contributed by atoms with Gasteiger partial charge in [-0.2, -0.15) is 0 Å². The van der Waals surface area contributed by atoms with Crippen molar-refractivity contribution in [2.45, 2.75) is 32.2 Å². The molecule has 2 unspecified atom stereocenters. The minimum absolute atomic E-state index is 0.314. The van der Waals surface area contributed by atoms with E-state index in [9.17, 15) is 4.79 Å². The highest BCUT2D eigenvalue weighted by molar-refractivity contribution is 5.79. The molecule has 1 fully saturated rings. The van der Waals surface area contributed by atoms with Gasteiger partial charge in [0.25, 0.3) is 0 Å². The van der Waals surface area contributed by atoms with Gasteiger partial charge in [-0.25, -0.2) is 4.79 Å². The fraction of sp³-hybridized carbons (Fsp3) is 0.316. The third kappa shape index (κ3) is 3.37. The van der Waals surface area contributed by atoms with Crippen LogP contribution in [0.15, 0.2) is 54.6 Å². The quantitative estimate of drug-likeness (QED) is 0.605. The summed E-state index contributed by atoms with van der Waals surface area (Å²) in [5.41, 5.74) is 1.40. The van der Waals surface area contributed by atoms with E-state index in [1.54, 1.807) is 6.92 Å². The highest BCUT2D eigenvalue weighted by Gasteiger charge is 2.59. The van der Waals surface area contributed by atoms with Crippen molar-refractivity contribution in [1.29, 1.82) is 0 Å². The van der Waals surface area contributed by atoms with Crippen LogP contribution >= 0.6 is 0 Å². The number of carbonyl (C=O) groups excluding carboxylic acids is 1. The topological polar surface area (TPSA) is 48.1 Å². The van der Waals surface area contributed by atoms with Crippen molar-refractivity contribution in [3.8, 4) is 5.75 Å². The average Bonchev–Trinajstić information content (AvgIpc) is 3.28. The van der Waals surface area contributed by atoms with E-state index < -0.39 is 11.7 Å². The predicted octanol–water partition coefficient (Wildman–Crippen LogP) is 3.44. The van der Waals surface area contributed by atoms with Crippen LogP contribution in [0.3, 0.4) is 0 Å². The first-order chi connectivity index (χ1) is 11.1. The van der Waals surface area contributed by atoms with Crippen LogP contribution in [-0.2, 0) is 26.5 Å². The number of esters is 1. The average molecular weight is 312 g/mol. The van der Waals surface area contributed by atoms with Crippen molar-refractivity contribution in [2.75, 3.05) is 6.61 Å². The SMILES string of the molecule is CCOC(=O)C1OC1(C)c1cccc(OCc2ccccc2)c1. The van der Waals surface area contributed by atoms with Crippen LogP contribution in [0, 0.1) is 0 Å². The Balaban J connectivity index is 1.67. The van der Waals surface area contributed by atoms with Crippen LogP contribution < -0.4 is 4.74 Å². The lowest BCUT2D eigenvalue weighted by Crippen LogP contribution is -2.18. The zero-order valence-corrected chi connectivity index (χ0v) is 13.3. The number of ether oxygens (including phenoxy) is 3. The first-order valence-electron chi connectivity index (χ1n) is 7.75. The van der Waals surface area contributed by atoms with E-state index in [0.29, 0.717) is 13.2 Å². The number of benzene rings is 2. The second kappa shape index (κ2) is 6.42. The summed E-state index contributed by atoms with van der Waals surface area (Å²) in [5.74, 6) is 0.441. The minimum Gasteiger partial charge on any atom is -0.489 e. The van der Waals surface area contributed by atoms with E-state index in [-0.39, 0.29) is 5.97 Å². The molecule has 1 aliphatic heterocycles. The van der Waals surface area contributed by atoms with Crippen molar-refractivity contribution in [3.05, 3.63) is 65.7 Å². The number of hydrogen-bond donors (Lipinski definition) is 0. The molecule has 0 saturated carbocycles. The van der Waals surface area contributed by atoms with E-state index in [4.69, 9.17) is 14.2 Å². The molecule has 0 radical (unpaired) electrons. The number of epoxide rings is 1. The lowest BCUT2D eigenvalue weighted by atomic mass is 9.97. The molecule has 0 aromatic heterocycles. The monoisotopic (exact) mass is 312 g/mol. The van der Waals surface area contributed by atoms with Crippen LogP contribution in [0.25, 0.3) is 0 Å². The zero-order chi connectivity index (χ0) is 16.3. The van der Waals surface area contributed by atoms with Gasteiger partial charge >= 0.3 is 5.97 Å². The van der Waals surface area contributed by atoms with E-state index in [1.807, 2.05) is 61.5 Å². The fourth-order valence-electron chi connectivity index (χ4n) is 2.56. The molecule has 23 heavy (non-hydrogen) atoms. The normalized spacial score (nSPS) is 22.4. The Bertz CT molecular complexity index is 683. The van der Waals surface area contributed by atoms with Gasteiger partial charge in [-0.05, 0) is 37.1 Å². The van der Waals surface area contributed by atoms with Gasteiger partial charge in [0.1, 0.15) is 18.0 Å². The standard InChI is InChI=1S/C19H20O4/c1-3-21-18(20)17-19(2,23-17)15-10-7-11-16(12-15)22-13-14-8-5-4-6-9-14/h4-12,17H,3,13H2,1-2H3. The number of rotatable bonds is 6. The summed E-state index contributed by atoms with van der Waals surface area (Å²) in [5, 5.41) is 0. The molecule has 0 aliphatic carbocycles. The molecule has 3 rings (SSSR count). The van der Waals surface area contributed by atoms with Gasteiger partial charge in [-0.1, -0.05) is 42.5 Å². The molecule has 120 valence electrons. The van der Waals surface area contributed by atoms with Gasteiger partial charge in [-0.3, -0.25) is 0 Å². The Hall–Kier alpha value is -2.33. The first-order valence-corrected chi connectivity index (χ1v) is 7.75. The Morgan fingerprint density at radius 2 is 1.96 bits per heavy atom. The maximum Gasteiger partial charge on any atom is 0.338 e. The molecular weight excluding hydrogens is 292 g/mol. The Labute approximate surface area is 136 Å². The van der Waals surface area contributed by atoms with Crippen LogP contribution in [0.4, 0.5) is 0 Å². The Kier molecular flexibility index (Phi) is 4.35. The molecule has 1 saturated heterocycles. The van der Waals surface area contributed by atoms with Crippen LogP contribution in [0.2, 0.25) is 0 Å². The first kappa shape index (κ1) is 15.6. The van der Waals surface area contributed by atoms with Gasteiger partial charge in [0.2, 0.25) is 0 Å². The largest absolute Gasteiger partial charge is 0.489 e. The summed E-state index contributed by atoms with van der Waals surface area (Å²) in [7, 11) is 0. The van der Waals surface area contributed by atoms with Crippen molar-refractivity contribution in [3.63, 3.8) is 0 Å². The van der Waals surface area contributed by atoms with Crippen molar-refractivity contribution >= 4 is 5.97 Å². The molecular formula is C19H20O4. The summed E-state index contributed by atoms with van der Waals surface area (Å²) in [6.45, 7) is 4.54. The minimum atomic E-state index is -0.627. The van der Waals surface area contributed by atoms with Crippen LogP contribution in [0.5, 0.6) is 5.75 Å². The lowest BCUT2D eigenvalue weighted by molar-refractivity contribution is -0.144. The van der Waals surface area contributed by atoms with Crippen molar-refractivity contribution in [2.24, 2.45) is 0 Å². The second-order valence-corrected chi connectivity index (χ2v) is 5.66. The van der Waals surface area contributed by atoms with Gasteiger partial charge in [0.15, 0.2) is 6.10 Å². The molecule has 1 heterocycles. The highest BCUT2D eigenvalue weighted by Crippen LogP contribution is 2.47. The van der Waals surface area contributed by atoms with Gasteiger partial charge in [0, 0.05) is 0 Å². The molecule has 0 amide bonds. The molecule has 4 nitrogen and oxygen atoms in total. The predicted molar refractivity (Wildman–Crippen MR) is 86.1 cm³/mol. The van der Waals surface area contributed by atoms with E-state index in [2.05, 4.69) is 0 Å². The smallest absolute Gasteiger partial charge is 0.338 e. The molecule has 2 atom stereocenters. The summed E-state index contributed by atoms with van der Waals surface area (Å²) in [6, 6.07) is 17.7. The molecule has 0 N–H and O–H groups in total. The van der Waals surface area contributed by atoms with Crippen molar-refractivity contribution < 1.29 is 19.0 Å². The molecule has 2 aromatic rings. The van der Waals surface area contributed by atoms with Crippen LogP contribution in [-0.4, -0.2) is 18.7 Å². The molecule has 4 heteroatoms. The van der Waals surface area contributed by atoms with Gasteiger partial charge in [-0.15, -0.1) is 0 Å². The third-order valence-corrected chi connectivity index (χ3v) is 3.96. The molecule has 1 aliphatic rings. The Morgan fingerprint density at radius 3 is 2.70 bits per heavy atom. The number of hydrogen-bond acceptors (Lipinski definition) is 4. The van der Waals surface area contributed by atoms with Crippen molar-refractivity contribution in [1.82, 2.24) is 0 Å². The van der Waals surface area contributed by atoms with E-state index in [0.717, 1.165) is 16.9 Å². The summed E-state index contributed by atoms with van der Waals surface area (Å²) >= 11 is 0. The van der Waals surface area contributed by atoms with E-state index in [1.165, 1.54) is 0 Å². The lowest BCUT2D eigenvalue weighted by Gasteiger charge is -2.11. The van der Waals surface area contributed by atoms with E-state index >= 15 is 0 Å². The summed E-state index contributed by atoms with van der Waals surface area (Å²) in [4.78, 5) is 11.8. The van der Waals surface area contributed by atoms with Gasteiger partial charge in [0.05, 0.1) is 6.61 Å². The van der Waals surface area contributed by atoms with Crippen LogP contribution in [0.1, 0.15) is 25.0 Å².